The SMILES string of the molecule is Nc1ccncc1CCOCc1ccccc1. The second-order valence-corrected chi connectivity index (χ2v) is 3.86. The van der Waals surface area contributed by atoms with Crippen molar-refractivity contribution in [2.75, 3.05) is 12.3 Å². The lowest BCUT2D eigenvalue weighted by atomic mass is 10.2. The summed E-state index contributed by atoms with van der Waals surface area (Å²) in [5.41, 5.74) is 8.83. The summed E-state index contributed by atoms with van der Waals surface area (Å²) in [6, 6.07) is 11.9. The van der Waals surface area contributed by atoms with Crippen LogP contribution >= 0.6 is 0 Å². The third-order valence-corrected chi connectivity index (χ3v) is 2.57. The van der Waals surface area contributed by atoms with Gasteiger partial charge in [-0.05, 0) is 23.6 Å². The minimum atomic E-state index is 0.640. The van der Waals surface area contributed by atoms with Gasteiger partial charge in [0.1, 0.15) is 0 Å². The quantitative estimate of drug-likeness (QED) is 0.799. The molecule has 0 radical (unpaired) electrons. The number of benzene rings is 1. The minimum Gasteiger partial charge on any atom is -0.398 e. The Balaban J connectivity index is 1.76. The van der Waals surface area contributed by atoms with Crippen LogP contribution in [0.4, 0.5) is 5.69 Å². The molecule has 1 heterocycles. The van der Waals surface area contributed by atoms with E-state index < -0.39 is 0 Å². The van der Waals surface area contributed by atoms with Gasteiger partial charge in [0, 0.05) is 18.1 Å². The van der Waals surface area contributed by atoms with E-state index in [9.17, 15) is 0 Å². The molecule has 1 aromatic heterocycles. The first-order valence-electron chi connectivity index (χ1n) is 5.66. The number of hydrogen-bond donors (Lipinski definition) is 1. The second kappa shape index (κ2) is 6.01. The number of anilines is 1. The molecule has 2 aromatic rings. The van der Waals surface area contributed by atoms with Crippen LogP contribution in [0, 0.1) is 0 Å². The van der Waals surface area contributed by atoms with Crippen LogP contribution in [-0.2, 0) is 17.8 Å². The minimum absolute atomic E-state index is 0.640. The van der Waals surface area contributed by atoms with Crippen LogP contribution in [0.5, 0.6) is 0 Å². The highest BCUT2D eigenvalue weighted by atomic mass is 16.5. The standard InChI is InChI=1S/C14H16N2O/c15-14-6-8-16-10-13(14)7-9-17-11-12-4-2-1-3-5-12/h1-6,8,10H,7,9,11H2,(H2,15,16). The van der Waals surface area contributed by atoms with E-state index in [-0.39, 0.29) is 0 Å². The van der Waals surface area contributed by atoms with Crippen molar-refractivity contribution in [3.63, 3.8) is 0 Å². The van der Waals surface area contributed by atoms with Gasteiger partial charge in [-0.2, -0.15) is 0 Å². The van der Waals surface area contributed by atoms with E-state index in [1.165, 1.54) is 5.56 Å². The van der Waals surface area contributed by atoms with Crippen molar-refractivity contribution in [3.8, 4) is 0 Å². The van der Waals surface area contributed by atoms with E-state index in [2.05, 4.69) is 17.1 Å². The smallest absolute Gasteiger partial charge is 0.0717 e. The lowest BCUT2D eigenvalue weighted by Gasteiger charge is -2.06. The van der Waals surface area contributed by atoms with Gasteiger partial charge in [0.25, 0.3) is 0 Å². The summed E-state index contributed by atoms with van der Waals surface area (Å²) in [6.07, 6.45) is 4.29. The molecule has 0 saturated carbocycles. The topological polar surface area (TPSA) is 48.1 Å². The Morgan fingerprint density at radius 1 is 1.12 bits per heavy atom. The van der Waals surface area contributed by atoms with Gasteiger partial charge >= 0.3 is 0 Å². The van der Waals surface area contributed by atoms with Crippen molar-refractivity contribution in [3.05, 3.63) is 59.9 Å². The van der Waals surface area contributed by atoms with Crippen LogP contribution in [0.1, 0.15) is 11.1 Å². The Morgan fingerprint density at radius 2 is 1.94 bits per heavy atom. The largest absolute Gasteiger partial charge is 0.398 e. The summed E-state index contributed by atoms with van der Waals surface area (Å²) >= 11 is 0. The number of hydrogen-bond acceptors (Lipinski definition) is 3. The van der Waals surface area contributed by atoms with Crippen molar-refractivity contribution in [1.82, 2.24) is 4.98 Å². The van der Waals surface area contributed by atoms with Crippen LogP contribution in [0.15, 0.2) is 48.8 Å². The number of rotatable bonds is 5. The Morgan fingerprint density at radius 3 is 2.71 bits per heavy atom. The van der Waals surface area contributed by atoms with E-state index in [1.807, 2.05) is 24.3 Å². The van der Waals surface area contributed by atoms with Gasteiger partial charge in [0.15, 0.2) is 0 Å². The number of ether oxygens (including phenoxy) is 1. The third-order valence-electron chi connectivity index (χ3n) is 2.57. The van der Waals surface area contributed by atoms with Crippen LogP contribution < -0.4 is 5.73 Å². The molecule has 17 heavy (non-hydrogen) atoms. The van der Waals surface area contributed by atoms with Crippen molar-refractivity contribution < 1.29 is 4.74 Å². The fourth-order valence-electron chi connectivity index (χ4n) is 1.59. The van der Waals surface area contributed by atoms with Gasteiger partial charge < -0.3 is 10.5 Å². The average molecular weight is 228 g/mol. The van der Waals surface area contributed by atoms with Crippen molar-refractivity contribution in [2.24, 2.45) is 0 Å². The molecule has 0 unspecified atom stereocenters. The summed E-state index contributed by atoms with van der Waals surface area (Å²) in [6.45, 7) is 1.30. The van der Waals surface area contributed by atoms with Gasteiger partial charge in [-0.25, -0.2) is 0 Å². The predicted octanol–water partition coefficient (Wildman–Crippen LogP) is 2.42. The molecule has 2 rings (SSSR count). The molecular formula is C14H16N2O. The molecule has 88 valence electrons. The van der Waals surface area contributed by atoms with E-state index >= 15 is 0 Å². The Bertz CT molecular complexity index is 457. The fraction of sp³-hybridized carbons (Fsp3) is 0.214. The normalized spacial score (nSPS) is 10.4. The van der Waals surface area contributed by atoms with Crippen molar-refractivity contribution in [2.45, 2.75) is 13.0 Å². The molecule has 0 fully saturated rings. The highest BCUT2D eigenvalue weighted by molar-refractivity contribution is 5.44. The zero-order valence-electron chi connectivity index (χ0n) is 9.67. The molecule has 0 aliphatic heterocycles. The fourth-order valence-corrected chi connectivity index (χ4v) is 1.59. The Hall–Kier alpha value is -1.87. The van der Waals surface area contributed by atoms with E-state index in [0.29, 0.717) is 13.2 Å². The summed E-state index contributed by atoms with van der Waals surface area (Å²) in [5, 5.41) is 0. The number of nitrogen functional groups attached to an aromatic ring is 1. The molecule has 0 bridgehead atoms. The maximum Gasteiger partial charge on any atom is 0.0717 e. The molecular weight excluding hydrogens is 212 g/mol. The number of nitrogens with two attached hydrogens (primary N) is 1. The molecule has 1 aromatic carbocycles. The molecule has 0 saturated heterocycles. The molecule has 2 N–H and O–H groups in total. The second-order valence-electron chi connectivity index (χ2n) is 3.86. The zero-order valence-corrected chi connectivity index (χ0v) is 9.67. The molecule has 0 spiro atoms. The lowest BCUT2D eigenvalue weighted by molar-refractivity contribution is 0.124. The number of pyridine rings is 1. The molecule has 0 atom stereocenters. The maximum absolute atomic E-state index is 5.82. The molecule has 3 nitrogen and oxygen atoms in total. The predicted molar refractivity (Wildman–Crippen MR) is 68.5 cm³/mol. The summed E-state index contributed by atoms with van der Waals surface area (Å²) in [7, 11) is 0. The van der Waals surface area contributed by atoms with E-state index in [1.54, 1.807) is 12.4 Å². The van der Waals surface area contributed by atoms with Gasteiger partial charge in [-0.1, -0.05) is 30.3 Å². The first-order chi connectivity index (χ1) is 8.36. The molecule has 0 aliphatic rings. The number of nitrogens with zero attached hydrogens (tertiary/aromatic N) is 1. The number of aromatic nitrogens is 1. The van der Waals surface area contributed by atoms with Crippen molar-refractivity contribution in [1.29, 1.82) is 0 Å². The monoisotopic (exact) mass is 228 g/mol. The zero-order chi connectivity index (χ0) is 11.9. The van der Waals surface area contributed by atoms with Gasteiger partial charge in [0.2, 0.25) is 0 Å². The van der Waals surface area contributed by atoms with E-state index in [0.717, 1.165) is 17.7 Å². The Kier molecular flexibility index (Phi) is 4.11. The summed E-state index contributed by atoms with van der Waals surface area (Å²) in [5.74, 6) is 0. The van der Waals surface area contributed by atoms with Crippen LogP contribution in [0.25, 0.3) is 0 Å². The highest BCUT2D eigenvalue weighted by Gasteiger charge is 1.98. The van der Waals surface area contributed by atoms with Gasteiger partial charge in [0.05, 0.1) is 13.2 Å². The summed E-state index contributed by atoms with van der Waals surface area (Å²) < 4.78 is 5.60. The average Bonchev–Trinajstić information content (AvgIpc) is 2.38. The molecule has 0 amide bonds. The van der Waals surface area contributed by atoms with Crippen LogP contribution in [0.3, 0.4) is 0 Å². The van der Waals surface area contributed by atoms with Crippen molar-refractivity contribution >= 4 is 5.69 Å². The molecule has 0 aliphatic carbocycles. The first-order valence-corrected chi connectivity index (χ1v) is 5.66. The first kappa shape index (κ1) is 11.6. The highest BCUT2D eigenvalue weighted by Crippen LogP contribution is 2.09. The van der Waals surface area contributed by atoms with Crippen LogP contribution in [0.2, 0.25) is 0 Å². The van der Waals surface area contributed by atoms with Gasteiger partial charge in [-0.3, -0.25) is 4.98 Å². The van der Waals surface area contributed by atoms with Crippen LogP contribution in [-0.4, -0.2) is 11.6 Å². The Labute approximate surface area is 101 Å². The maximum atomic E-state index is 5.82. The summed E-state index contributed by atoms with van der Waals surface area (Å²) in [4.78, 5) is 4.05. The molecule has 3 heteroatoms. The third kappa shape index (κ3) is 3.57. The lowest BCUT2D eigenvalue weighted by Crippen LogP contribution is -2.02. The van der Waals surface area contributed by atoms with Gasteiger partial charge in [-0.15, -0.1) is 0 Å². The van der Waals surface area contributed by atoms with E-state index in [4.69, 9.17) is 10.5 Å².